The van der Waals surface area contributed by atoms with Crippen LogP contribution in [0.5, 0.6) is 0 Å². The molecule has 0 spiro atoms. The number of nitrogens with zero attached hydrogens (tertiary/aromatic N) is 6. The standard InChI is InChI=1S/C22H27F3N8/c1-12-16-9-27-19(33-10-21(3,11-33)32(4)5)8-15(16)20(31-30-12)28-13(2)17-6-14(26)7-18(29-17)22(23,24)25/h6-9,13H,10-11H2,1-5H3,(H2,26,29)(H,28,31)/t13-/m1/s1. The van der Waals surface area contributed by atoms with Crippen LogP contribution in [0, 0.1) is 6.92 Å². The van der Waals surface area contributed by atoms with Gasteiger partial charge in [-0.2, -0.15) is 18.3 Å². The third kappa shape index (κ3) is 4.37. The molecule has 0 bridgehead atoms. The van der Waals surface area contributed by atoms with Crippen LogP contribution >= 0.6 is 0 Å². The highest BCUT2D eigenvalue weighted by molar-refractivity contribution is 5.94. The molecule has 0 radical (unpaired) electrons. The Kier molecular flexibility index (Phi) is 5.55. The molecule has 11 heteroatoms. The van der Waals surface area contributed by atoms with Crippen LogP contribution in [0.2, 0.25) is 0 Å². The number of fused-ring (bicyclic) bond motifs is 1. The number of aromatic nitrogens is 4. The summed E-state index contributed by atoms with van der Waals surface area (Å²) in [5, 5.41) is 13.2. The van der Waals surface area contributed by atoms with Crippen LogP contribution in [-0.2, 0) is 6.18 Å². The third-order valence-corrected chi connectivity index (χ3v) is 6.26. The minimum absolute atomic E-state index is 0.00552. The van der Waals surface area contributed by atoms with E-state index in [0.29, 0.717) is 11.5 Å². The Labute approximate surface area is 190 Å². The molecule has 1 aliphatic heterocycles. The van der Waals surface area contributed by atoms with Gasteiger partial charge < -0.3 is 20.9 Å². The highest BCUT2D eigenvalue weighted by Crippen LogP contribution is 2.34. The van der Waals surface area contributed by atoms with Crippen molar-refractivity contribution in [2.75, 3.05) is 43.1 Å². The van der Waals surface area contributed by atoms with Crippen LogP contribution in [-0.4, -0.2) is 57.8 Å². The van der Waals surface area contributed by atoms with Crippen molar-refractivity contribution in [1.29, 1.82) is 0 Å². The highest BCUT2D eigenvalue weighted by Gasteiger charge is 2.41. The van der Waals surface area contributed by atoms with Gasteiger partial charge in [-0.1, -0.05) is 0 Å². The van der Waals surface area contributed by atoms with Gasteiger partial charge in [0.05, 0.1) is 23.0 Å². The van der Waals surface area contributed by atoms with Crippen molar-refractivity contribution in [1.82, 2.24) is 25.1 Å². The van der Waals surface area contributed by atoms with Crippen molar-refractivity contribution < 1.29 is 13.2 Å². The van der Waals surface area contributed by atoms with E-state index < -0.39 is 17.9 Å². The molecule has 1 fully saturated rings. The number of nitrogens with one attached hydrogen (secondary N) is 1. The monoisotopic (exact) mass is 460 g/mol. The summed E-state index contributed by atoms with van der Waals surface area (Å²) in [6.45, 7) is 7.41. The molecule has 0 aromatic carbocycles. The fraction of sp³-hybridized carbons (Fsp3) is 0.455. The van der Waals surface area contributed by atoms with Gasteiger partial charge in [0.15, 0.2) is 5.82 Å². The Balaban J connectivity index is 1.66. The molecule has 1 aliphatic rings. The molecule has 176 valence electrons. The summed E-state index contributed by atoms with van der Waals surface area (Å²) in [6.07, 6.45) is -2.82. The summed E-state index contributed by atoms with van der Waals surface area (Å²) in [5.74, 6) is 1.26. The molecule has 0 amide bonds. The summed E-state index contributed by atoms with van der Waals surface area (Å²) in [5.41, 5.74) is 5.62. The number of aryl methyl sites for hydroxylation is 1. The first kappa shape index (κ1) is 23.0. The number of hydrogen-bond donors (Lipinski definition) is 2. The number of likely N-dealkylation sites (N-methyl/N-ethyl adjacent to an activating group) is 1. The number of anilines is 3. The van der Waals surface area contributed by atoms with Crippen LogP contribution in [0.3, 0.4) is 0 Å². The van der Waals surface area contributed by atoms with E-state index in [9.17, 15) is 13.2 Å². The van der Waals surface area contributed by atoms with Gasteiger partial charge in [-0.3, -0.25) is 0 Å². The molecule has 4 rings (SSSR count). The molecule has 0 saturated carbocycles. The molecule has 0 aliphatic carbocycles. The van der Waals surface area contributed by atoms with Gasteiger partial charge >= 0.3 is 6.18 Å². The third-order valence-electron chi connectivity index (χ3n) is 6.26. The lowest BCUT2D eigenvalue weighted by atomic mass is 9.91. The van der Waals surface area contributed by atoms with Crippen LogP contribution in [0.25, 0.3) is 10.8 Å². The summed E-state index contributed by atoms with van der Waals surface area (Å²) in [6, 6.07) is 3.60. The number of rotatable bonds is 5. The molecule has 8 nitrogen and oxygen atoms in total. The van der Waals surface area contributed by atoms with Gasteiger partial charge in [0, 0.05) is 35.7 Å². The van der Waals surface area contributed by atoms with Crippen LogP contribution < -0.4 is 16.0 Å². The SMILES string of the molecule is Cc1nnc(N[C@H](C)c2cc(N)cc(C(F)(F)F)n2)c2cc(N3CC(C)(N(C)C)C3)ncc12. The van der Waals surface area contributed by atoms with Gasteiger partial charge in [0.25, 0.3) is 0 Å². The maximum absolute atomic E-state index is 13.2. The Hall–Kier alpha value is -3.21. The highest BCUT2D eigenvalue weighted by atomic mass is 19.4. The van der Waals surface area contributed by atoms with Crippen molar-refractivity contribution in [3.8, 4) is 0 Å². The molecule has 0 unspecified atom stereocenters. The Morgan fingerprint density at radius 3 is 2.48 bits per heavy atom. The first-order valence-electron chi connectivity index (χ1n) is 10.5. The average Bonchev–Trinajstić information content (AvgIpc) is 2.72. The lowest BCUT2D eigenvalue weighted by Crippen LogP contribution is -2.67. The minimum atomic E-state index is -4.58. The second kappa shape index (κ2) is 7.98. The fourth-order valence-corrected chi connectivity index (χ4v) is 3.88. The molecule has 1 atom stereocenters. The van der Waals surface area contributed by atoms with Crippen molar-refractivity contribution in [2.24, 2.45) is 0 Å². The molecule has 33 heavy (non-hydrogen) atoms. The largest absolute Gasteiger partial charge is 0.433 e. The first-order valence-corrected chi connectivity index (χ1v) is 10.5. The lowest BCUT2D eigenvalue weighted by Gasteiger charge is -2.52. The van der Waals surface area contributed by atoms with Crippen molar-refractivity contribution in [2.45, 2.75) is 38.5 Å². The maximum Gasteiger partial charge on any atom is 0.433 e. The van der Waals surface area contributed by atoms with E-state index in [-0.39, 0.29) is 16.9 Å². The van der Waals surface area contributed by atoms with E-state index in [2.05, 4.69) is 56.3 Å². The Morgan fingerprint density at radius 1 is 1.15 bits per heavy atom. The maximum atomic E-state index is 13.2. The van der Waals surface area contributed by atoms with Crippen LogP contribution in [0.15, 0.2) is 24.4 Å². The Morgan fingerprint density at radius 2 is 1.85 bits per heavy atom. The van der Waals surface area contributed by atoms with E-state index >= 15 is 0 Å². The van der Waals surface area contributed by atoms with E-state index in [4.69, 9.17) is 5.73 Å². The predicted molar refractivity (Wildman–Crippen MR) is 122 cm³/mol. The van der Waals surface area contributed by atoms with Gasteiger partial charge in [-0.15, -0.1) is 5.10 Å². The predicted octanol–water partition coefficient (Wildman–Crippen LogP) is 3.64. The zero-order valence-electron chi connectivity index (χ0n) is 19.2. The molecular formula is C22H27F3N8. The molecule has 1 saturated heterocycles. The molecule has 3 aromatic rings. The first-order chi connectivity index (χ1) is 15.4. The van der Waals surface area contributed by atoms with E-state index in [1.165, 1.54) is 6.07 Å². The van der Waals surface area contributed by atoms with Crippen LogP contribution in [0.1, 0.15) is 37.0 Å². The fourth-order valence-electron chi connectivity index (χ4n) is 3.88. The minimum Gasteiger partial charge on any atom is -0.399 e. The topological polar surface area (TPSA) is 96.1 Å². The number of hydrogen-bond acceptors (Lipinski definition) is 8. The molecule has 3 N–H and O–H groups in total. The zero-order chi connectivity index (χ0) is 24.1. The quantitative estimate of drug-likeness (QED) is 0.596. The summed E-state index contributed by atoms with van der Waals surface area (Å²) >= 11 is 0. The summed E-state index contributed by atoms with van der Waals surface area (Å²) in [7, 11) is 4.12. The molecule has 3 aromatic heterocycles. The van der Waals surface area contributed by atoms with E-state index in [0.717, 1.165) is 35.7 Å². The number of pyridine rings is 2. The summed E-state index contributed by atoms with van der Waals surface area (Å²) in [4.78, 5) is 12.7. The van der Waals surface area contributed by atoms with Crippen molar-refractivity contribution in [3.63, 3.8) is 0 Å². The lowest BCUT2D eigenvalue weighted by molar-refractivity contribution is -0.141. The normalized spacial score (nSPS) is 16.7. The zero-order valence-corrected chi connectivity index (χ0v) is 19.2. The Bertz CT molecular complexity index is 1190. The van der Waals surface area contributed by atoms with Gasteiger partial charge in [0.1, 0.15) is 11.5 Å². The number of nitrogens with two attached hydrogens (primary N) is 1. The number of alkyl halides is 3. The van der Waals surface area contributed by atoms with Crippen molar-refractivity contribution >= 4 is 28.1 Å². The van der Waals surface area contributed by atoms with Gasteiger partial charge in [-0.05, 0) is 53.1 Å². The van der Waals surface area contributed by atoms with E-state index in [1.54, 1.807) is 13.1 Å². The summed E-state index contributed by atoms with van der Waals surface area (Å²) < 4.78 is 39.5. The average molecular weight is 461 g/mol. The van der Waals surface area contributed by atoms with Crippen LogP contribution in [0.4, 0.5) is 30.5 Å². The van der Waals surface area contributed by atoms with Gasteiger partial charge in [0.2, 0.25) is 0 Å². The molecule has 4 heterocycles. The van der Waals surface area contributed by atoms with E-state index in [1.807, 2.05) is 13.0 Å². The van der Waals surface area contributed by atoms with Gasteiger partial charge in [-0.25, -0.2) is 9.97 Å². The second-order valence-electron chi connectivity index (χ2n) is 9.04. The molecular weight excluding hydrogens is 433 g/mol. The number of halogens is 3. The second-order valence-corrected chi connectivity index (χ2v) is 9.04. The number of nitrogen functional groups attached to an aromatic ring is 1. The van der Waals surface area contributed by atoms with Crippen molar-refractivity contribution in [3.05, 3.63) is 41.5 Å². The smallest absolute Gasteiger partial charge is 0.399 e.